The van der Waals surface area contributed by atoms with Crippen molar-refractivity contribution in [2.75, 3.05) is 29.9 Å². The van der Waals surface area contributed by atoms with E-state index in [0.29, 0.717) is 5.56 Å². The maximum atomic E-state index is 12.1. The second-order valence-corrected chi connectivity index (χ2v) is 6.83. The monoisotopic (exact) mass is 341 g/mol. The lowest BCUT2D eigenvalue weighted by Gasteiger charge is -2.33. The summed E-state index contributed by atoms with van der Waals surface area (Å²) in [6.45, 7) is 2.74. The predicted octanol–water partition coefficient (Wildman–Crippen LogP) is 2.29. The fourth-order valence-corrected chi connectivity index (χ4v) is 3.10. The lowest BCUT2D eigenvalue weighted by atomic mass is 10.0. The molecule has 2 fully saturated rings. The Morgan fingerprint density at radius 1 is 1.24 bits per heavy atom. The van der Waals surface area contributed by atoms with Crippen molar-refractivity contribution in [2.24, 2.45) is 5.92 Å². The average molecular weight is 341 g/mol. The van der Waals surface area contributed by atoms with E-state index in [1.807, 2.05) is 6.07 Å². The Morgan fingerprint density at radius 2 is 2.08 bits per heavy atom. The van der Waals surface area contributed by atoms with Gasteiger partial charge in [0.1, 0.15) is 24.2 Å². The van der Waals surface area contributed by atoms with E-state index in [-0.39, 0.29) is 11.9 Å². The molecule has 4 rings (SSSR count). The zero-order chi connectivity index (χ0) is 17.1. The van der Waals surface area contributed by atoms with Crippen molar-refractivity contribution in [3.63, 3.8) is 0 Å². The summed E-state index contributed by atoms with van der Waals surface area (Å²) in [6, 6.07) is 3.89. The highest BCUT2D eigenvalue weighted by atomic mass is 16.3. The number of aromatic nitrogens is 2. The Labute approximate surface area is 146 Å². The first-order valence-electron chi connectivity index (χ1n) is 8.92. The molecule has 25 heavy (non-hydrogen) atoms. The molecule has 1 aliphatic heterocycles. The van der Waals surface area contributed by atoms with E-state index in [9.17, 15) is 4.79 Å². The normalized spacial score (nSPS) is 18.2. The molecule has 0 bridgehead atoms. The molecule has 2 N–H and O–H groups in total. The molecule has 1 saturated carbocycles. The largest absolute Gasteiger partial charge is 0.472 e. The first-order chi connectivity index (χ1) is 12.3. The van der Waals surface area contributed by atoms with E-state index in [4.69, 9.17) is 4.42 Å². The SMILES string of the molecule is O=C(NC1CCN(c2cc(NCC3CC3)ncn2)CC1)c1ccoc1. The van der Waals surface area contributed by atoms with Gasteiger partial charge in [0.05, 0.1) is 11.8 Å². The molecule has 0 radical (unpaired) electrons. The quantitative estimate of drug-likeness (QED) is 0.839. The van der Waals surface area contributed by atoms with Gasteiger partial charge in [-0.05, 0) is 37.7 Å². The van der Waals surface area contributed by atoms with Crippen LogP contribution in [-0.2, 0) is 0 Å². The summed E-state index contributed by atoms with van der Waals surface area (Å²) in [5, 5.41) is 6.47. The molecule has 2 aliphatic rings. The molecule has 2 aromatic rings. The van der Waals surface area contributed by atoms with E-state index in [1.54, 1.807) is 12.4 Å². The van der Waals surface area contributed by atoms with Crippen LogP contribution < -0.4 is 15.5 Å². The van der Waals surface area contributed by atoms with Gasteiger partial charge < -0.3 is 20.0 Å². The van der Waals surface area contributed by atoms with Crippen LogP contribution in [0.2, 0.25) is 0 Å². The van der Waals surface area contributed by atoms with Crippen molar-refractivity contribution < 1.29 is 9.21 Å². The second-order valence-electron chi connectivity index (χ2n) is 6.83. The van der Waals surface area contributed by atoms with Crippen LogP contribution in [0.4, 0.5) is 11.6 Å². The van der Waals surface area contributed by atoms with Gasteiger partial charge in [0.25, 0.3) is 5.91 Å². The summed E-state index contributed by atoms with van der Waals surface area (Å²) in [6.07, 6.45) is 9.06. The van der Waals surface area contributed by atoms with E-state index in [1.165, 1.54) is 25.4 Å². The number of piperidine rings is 1. The maximum Gasteiger partial charge on any atom is 0.254 e. The van der Waals surface area contributed by atoms with Crippen molar-refractivity contribution in [3.05, 3.63) is 36.5 Å². The maximum absolute atomic E-state index is 12.1. The third-order valence-corrected chi connectivity index (χ3v) is 4.86. The smallest absolute Gasteiger partial charge is 0.254 e. The Hall–Kier alpha value is -2.57. The molecule has 0 spiro atoms. The van der Waals surface area contributed by atoms with E-state index < -0.39 is 0 Å². The first-order valence-corrected chi connectivity index (χ1v) is 8.92. The Kier molecular flexibility index (Phi) is 4.54. The van der Waals surface area contributed by atoms with Crippen LogP contribution in [0.5, 0.6) is 0 Å². The number of hydrogen-bond donors (Lipinski definition) is 2. The minimum atomic E-state index is -0.0687. The molecular formula is C18H23N5O2. The molecule has 0 unspecified atom stereocenters. The molecule has 1 amide bonds. The Balaban J connectivity index is 1.29. The number of anilines is 2. The van der Waals surface area contributed by atoms with Crippen LogP contribution in [-0.4, -0.2) is 41.6 Å². The number of carbonyl (C=O) groups is 1. The summed E-state index contributed by atoms with van der Waals surface area (Å²) >= 11 is 0. The van der Waals surface area contributed by atoms with Gasteiger partial charge in [-0.1, -0.05) is 0 Å². The fourth-order valence-electron chi connectivity index (χ4n) is 3.10. The Bertz CT molecular complexity index is 706. The van der Waals surface area contributed by atoms with Gasteiger partial charge in [0.15, 0.2) is 0 Å². The van der Waals surface area contributed by atoms with Crippen LogP contribution in [0.25, 0.3) is 0 Å². The zero-order valence-corrected chi connectivity index (χ0v) is 14.1. The Morgan fingerprint density at radius 3 is 2.80 bits per heavy atom. The standard InChI is InChI=1S/C18H23N5O2/c24-18(14-5-8-25-11-14)22-15-3-6-23(7-4-15)17-9-16(20-12-21-17)19-10-13-1-2-13/h5,8-9,11-13,15H,1-4,6-7,10H2,(H,22,24)(H,19,20,21). The molecule has 7 nitrogen and oxygen atoms in total. The third kappa shape index (κ3) is 4.10. The van der Waals surface area contributed by atoms with Gasteiger partial charge in [-0.2, -0.15) is 0 Å². The number of rotatable bonds is 6. The number of amides is 1. The lowest BCUT2D eigenvalue weighted by molar-refractivity contribution is 0.0930. The van der Waals surface area contributed by atoms with Crippen LogP contribution in [0.15, 0.2) is 35.4 Å². The highest BCUT2D eigenvalue weighted by molar-refractivity contribution is 5.93. The first kappa shape index (κ1) is 15.9. The van der Waals surface area contributed by atoms with Crippen LogP contribution in [0.3, 0.4) is 0 Å². The van der Waals surface area contributed by atoms with Crippen molar-refractivity contribution in [1.82, 2.24) is 15.3 Å². The van der Waals surface area contributed by atoms with Crippen molar-refractivity contribution in [3.8, 4) is 0 Å². The van der Waals surface area contributed by atoms with E-state index in [2.05, 4.69) is 25.5 Å². The van der Waals surface area contributed by atoms with Gasteiger partial charge in [-0.15, -0.1) is 0 Å². The zero-order valence-electron chi connectivity index (χ0n) is 14.1. The molecule has 132 valence electrons. The summed E-state index contributed by atoms with van der Waals surface area (Å²) < 4.78 is 4.96. The minimum Gasteiger partial charge on any atom is -0.472 e. The number of carbonyl (C=O) groups excluding carboxylic acids is 1. The van der Waals surface area contributed by atoms with Gasteiger partial charge >= 0.3 is 0 Å². The number of nitrogens with one attached hydrogen (secondary N) is 2. The molecule has 7 heteroatoms. The predicted molar refractivity (Wildman–Crippen MR) is 94.7 cm³/mol. The fraction of sp³-hybridized carbons (Fsp3) is 0.500. The van der Waals surface area contributed by atoms with E-state index >= 15 is 0 Å². The molecular weight excluding hydrogens is 318 g/mol. The van der Waals surface area contributed by atoms with Gasteiger partial charge in [0, 0.05) is 31.7 Å². The second kappa shape index (κ2) is 7.13. The summed E-state index contributed by atoms with van der Waals surface area (Å²) in [4.78, 5) is 23.1. The minimum absolute atomic E-state index is 0.0687. The molecule has 3 heterocycles. The molecule has 0 atom stereocenters. The molecule has 1 aliphatic carbocycles. The lowest BCUT2D eigenvalue weighted by Crippen LogP contribution is -2.44. The summed E-state index contributed by atoms with van der Waals surface area (Å²) in [5.41, 5.74) is 0.574. The molecule has 0 aromatic carbocycles. The van der Waals surface area contributed by atoms with Crippen molar-refractivity contribution >= 4 is 17.5 Å². The molecule has 2 aromatic heterocycles. The number of hydrogen-bond acceptors (Lipinski definition) is 6. The molecule has 1 saturated heterocycles. The van der Waals surface area contributed by atoms with Crippen LogP contribution in [0, 0.1) is 5.92 Å². The third-order valence-electron chi connectivity index (χ3n) is 4.86. The summed E-state index contributed by atoms with van der Waals surface area (Å²) in [7, 11) is 0. The summed E-state index contributed by atoms with van der Waals surface area (Å²) in [5.74, 6) is 2.59. The highest BCUT2D eigenvalue weighted by Gasteiger charge is 2.23. The number of nitrogens with zero attached hydrogens (tertiary/aromatic N) is 3. The van der Waals surface area contributed by atoms with E-state index in [0.717, 1.165) is 50.0 Å². The topological polar surface area (TPSA) is 83.3 Å². The van der Waals surface area contributed by atoms with Gasteiger partial charge in [0.2, 0.25) is 0 Å². The van der Waals surface area contributed by atoms with Crippen LogP contribution >= 0.6 is 0 Å². The highest BCUT2D eigenvalue weighted by Crippen LogP contribution is 2.29. The van der Waals surface area contributed by atoms with Crippen molar-refractivity contribution in [1.29, 1.82) is 0 Å². The van der Waals surface area contributed by atoms with Crippen LogP contribution in [0.1, 0.15) is 36.0 Å². The van der Waals surface area contributed by atoms with Gasteiger partial charge in [-0.25, -0.2) is 9.97 Å². The average Bonchev–Trinajstić information content (AvgIpc) is 3.31. The van der Waals surface area contributed by atoms with Crippen molar-refractivity contribution in [2.45, 2.75) is 31.7 Å². The number of furan rings is 1. The van der Waals surface area contributed by atoms with Gasteiger partial charge in [-0.3, -0.25) is 4.79 Å².